The van der Waals surface area contributed by atoms with Gasteiger partial charge in [-0.25, -0.2) is 9.97 Å². The van der Waals surface area contributed by atoms with Crippen LogP contribution >= 0.6 is 11.6 Å². The quantitative estimate of drug-likeness (QED) is 0.906. The zero-order valence-corrected chi connectivity index (χ0v) is 11.2. The largest absolute Gasteiger partial charge is 0.316 e. The molecule has 3 heterocycles. The van der Waals surface area contributed by atoms with Crippen LogP contribution in [0, 0.1) is 12.8 Å². The summed E-state index contributed by atoms with van der Waals surface area (Å²) in [6.07, 6.45) is 4.23. The van der Waals surface area contributed by atoms with Crippen LogP contribution in [0.25, 0.3) is 11.2 Å². The number of nitrogens with one attached hydrogen (secondary N) is 1. The highest BCUT2D eigenvalue weighted by Gasteiger charge is 2.17. The van der Waals surface area contributed by atoms with E-state index in [2.05, 4.69) is 19.9 Å². The molecule has 0 saturated carbocycles. The molecule has 1 atom stereocenters. The highest BCUT2D eigenvalue weighted by Crippen LogP contribution is 2.21. The Bertz CT molecular complexity index is 557. The predicted octanol–water partition coefficient (Wildman–Crippen LogP) is 2.39. The highest BCUT2D eigenvalue weighted by molar-refractivity contribution is 6.31. The summed E-state index contributed by atoms with van der Waals surface area (Å²) in [6, 6.07) is 1.88. The first-order valence-corrected chi connectivity index (χ1v) is 6.81. The highest BCUT2D eigenvalue weighted by atomic mass is 35.5. The second-order valence-corrected chi connectivity index (χ2v) is 5.41. The van der Waals surface area contributed by atoms with Gasteiger partial charge in [0.2, 0.25) is 0 Å². The SMILES string of the molecule is Cc1nc2cc(Cl)cnc2n1CC1CCCNC1. The van der Waals surface area contributed by atoms with Gasteiger partial charge in [0.25, 0.3) is 0 Å². The molecule has 0 aliphatic carbocycles. The van der Waals surface area contributed by atoms with Gasteiger partial charge in [-0.2, -0.15) is 0 Å². The van der Waals surface area contributed by atoms with E-state index in [1.165, 1.54) is 12.8 Å². The summed E-state index contributed by atoms with van der Waals surface area (Å²) in [7, 11) is 0. The summed E-state index contributed by atoms with van der Waals surface area (Å²) in [4.78, 5) is 8.95. The van der Waals surface area contributed by atoms with Crippen molar-refractivity contribution in [1.82, 2.24) is 19.9 Å². The van der Waals surface area contributed by atoms with E-state index in [0.717, 1.165) is 36.6 Å². The monoisotopic (exact) mass is 264 g/mol. The number of hydrogen-bond acceptors (Lipinski definition) is 3. The van der Waals surface area contributed by atoms with Gasteiger partial charge < -0.3 is 9.88 Å². The molecule has 1 aliphatic rings. The fraction of sp³-hybridized carbons (Fsp3) is 0.538. The van der Waals surface area contributed by atoms with Crippen molar-refractivity contribution in [3.8, 4) is 0 Å². The second-order valence-electron chi connectivity index (χ2n) is 4.98. The number of aryl methyl sites for hydroxylation is 1. The van der Waals surface area contributed by atoms with E-state index < -0.39 is 0 Å². The van der Waals surface area contributed by atoms with Crippen molar-refractivity contribution < 1.29 is 0 Å². The first-order chi connectivity index (χ1) is 8.74. The van der Waals surface area contributed by atoms with E-state index in [0.29, 0.717) is 10.9 Å². The van der Waals surface area contributed by atoms with Crippen LogP contribution in [0.15, 0.2) is 12.3 Å². The minimum atomic E-state index is 0.645. The first-order valence-electron chi connectivity index (χ1n) is 6.43. The van der Waals surface area contributed by atoms with Gasteiger partial charge >= 0.3 is 0 Å². The topological polar surface area (TPSA) is 42.7 Å². The number of nitrogens with zero attached hydrogens (tertiary/aromatic N) is 3. The minimum Gasteiger partial charge on any atom is -0.316 e. The molecule has 96 valence electrons. The molecule has 0 amide bonds. The van der Waals surface area contributed by atoms with E-state index in [1.54, 1.807) is 6.20 Å². The summed E-state index contributed by atoms with van der Waals surface area (Å²) >= 11 is 5.95. The number of halogens is 1. The van der Waals surface area contributed by atoms with Crippen molar-refractivity contribution in [2.24, 2.45) is 5.92 Å². The van der Waals surface area contributed by atoms with Gasteiger partial charge in [0, 0.05) is 12.7 Å². The molecule has 1 fully saturated rings. The Balaban J connectivity index is 1.92. The lowest BCUT2D eigenvalue weighted by Gasteiger charge is -2.23. The van der Waals surface area contributed by atoms with Gasteiger partial charge in [0.15, 0.2) is 5.65 Å². The normalized spacial score (nSPS) is 20.4. The molecule has 0 radical (unpaired) electrons. The van der Waals surface area contributed by atoms with Crippen molar-refractivity contribution in [1.29, 1.82) is 0 Å². The number of piperidine rings is 1. The van der Waals surface area contributed by atoms with Crippen LogP contribution in [-0.2, 0) is 6.54 Å². The number of aromatic nitrogens is 3. The molecule has 4 nitrogen and oxygen atoms in total. The Kier molecular flexibility index (Phi) is 3.22. The third-order valence-electron chi connectivity index (χ3n) is 3.58. The lowest BCUT2D eigenvalue weighted by atomic mass is 10.00. The number of hydrogen-bond donors (Lipinski definition) is 1. The summed E-state index contributed by atoms with van der Waals surface area (Å²) in [5.74, 6) is 1.69. The zero-order chi connectivity index (χ0) is 12.5. The van der Waals surface area contributed by atoms with Crippen molar-refractivity contribution in [2.75, 3.05) is 13.1 Å². The van der Waals surface area contributed by atoms with Crippen molar-refractivity contribution in [2.45, 2.75) is 26.3 Å². The fourth-order valence-electron chi connectivity index (χ4n) is 2.66. The minimum absolute atomic E-state index is 0.645. The number of pyridine rings is 1. The van der Waals surface area contributed by atoms with Gasteiger partial charge in [0.05, 0.1) is 5.02 Å². The van der Waals surface area contributed by atoms with E-state index in [-0.39, 0.29) is 0 Å². The molecule has 0 aromatic carbocycles. The standard InChI is InChI=1S/C13H17ClN4/c1-9-17-12-5-11(14)7-16-13(12)18(9)8-10-3-2-4-15-6-10/h5,7,10,15H,2-4,6,8H2,1H3. The summed E-state index contributed by atoms with van der Waals surface area (Å²) < 4.78 is 2.21. The van der Waals surface area contributed by atoms with Crippen molar-refractivity contribution in [3.05, 3.63) is 23.1 Å². The van der Waals surface area contributed by atoms with Crippen LogP contribution < -0.4 is 5.32 Å². The molecule has 0 bridgehead atoms. The lowest BCUT2D eigenvalue weighted by Crippen LogP contribution is -2.32. The second kappa shape index (κ2) is 4.86. The molecule has 2 aromatic heterocycles. The maximum atomic E-state index is 5.95. The Labute approximate surface area is 111 Å². The molecule has 1 unspecified atom stereocenters. The predicted molar refractivity (Wildman–Crippen MR) is 72.9 cm³/mol. The average Bonchev–Trinajstić information content (AvgIpc) is 2.66. The smallest absolute Gasteiger partial charge is 0.160 e. The van der Waals surface area contributed by atoms with Crippen LogP contribution in [0.3, 0.4) is 0 Å². The van der Waals surface area contributed by atoms with Gasteiger partial charge in [-0.3, -0.25) is 0 Å². The Morgan fingerprint density at radius 2 is 2.44 bits per heavy atom. The van der Waals surface area contributed by atoms with Crippen molar-refractivity contribution in [3.63, 3.8) is 0 Å². The molecule has 0 spiro atoms. The number of rotatable bonds is 2. The molecule has 5 heteroatoms. The third kappa shape index (κ3) is 2.22. The van der Waals surface area contributed by atoms with Crippen LogP contribution in [0.1, 0.15) is 18.7 Å². The van der Waals surface area contributed by atoms with Gasteiger partial charge in [0.1, 0.15) is 11.3 Å². The van der Waals surface area contributed by atoms with Crippen LogP contribution in [-0.4, -0.2) is 27.6 Å². The number of fused-ring (bicyclic) bond motifs is 1. The molecule has 18 heavy (non-hydrogen) atoms. The van der Waals surface area contributed by atoms with E-state index in [9.17, 15) is 0 Å². The molecule has 1 aliphatic heterocycles. The van der Waals surface area contributed by atoms with Gasteiger partial charge in [-0.05, 0) is 44.8 Å². The van der Waals surface area contributed by atoms with Crippen LogP contribution in [0.5, 0.6) is 0 Å². The Morgan fingerprint density at radius 1 is 1.56 bits per heavy atom. The maximum absolute atomic E-state index is 5.95. The molecule has 2 aromatic rings. The summed E-state index contributed by atoms with van der Waals surface area (Å²) in [5.41, 5.74) is 1.84. The van der Waals surface area contributed by atoms with E-state index >= 15 is 0 Å². The van der Waals surface area contributed by atoms with E-state index in [4.69, 9.17) is 11.6 Å². The molecule has 3 rings (SSSR count). The maximum Gasteiger partial charge on any atom is 0.160 e. The zero-order valence-electron chi connectivity index (χ0n) is 10.5. The third-order valence-corrected chi connectivity index (χ3v) is 3.79. The molecule has 1 saturated heterocycles. The van der Waals surface area contributed by atoms with Crippen LogP contribution in [0.4, 0.5) is 0 Å². The first kappa shape index (κ1) is 11.9. The van der Waals surface area contributed by atoms with Crippen molar-refractivity contribution >= 4 is 22.8 Å². The summed E-state index contributed by atoms with van der Waals surface area (Å²) in [6.45, 7) is 5.26. The molecular weight excluding hydrogens is 248 g/mol. The summed E-state index contributed by atoms with van der Waals surface area (Å²) in [5, 5.41) is 4.09. The van der Waals surface area contributed by atoms with E-state index in [1.807, 2.05) is 13.0 Å². The Hall–Kier alpha value is -1.13. The molecular formula is C13H17ClN4. The number of imidazole rings is 1. The van der Waals surface area contributed by atoms with Gasteiger partial charge in [-0.15, -0.1) is 0 Å². The average molecular weight is 265 g/mol. The fourth-order valence-corrected chi connectivity index (χ4v) is 2.81. The van der Waals surface area contributed by atoms with Gasteiger partial charge in [-0.1, -0.05) is 11.6 Å². The Morgan fingerprint density at radius 3 is 3.22 bits per heavy atom. The van der Waals surface area contributed by atoms with Crippen LogP contribution in [0.2, 0.25) is 5.02 Å². The lowest BCUT2D eigenvalue weighted by molar-refractivity contribution is 0.337. The molecule has 1 N–H and O–H groups in total.